The van der Waals surface area contributed by atoms with Crippen LogP contribution in [0.3, 0.4) is 0 Å². The van der Waals surface area contributed by atoms with Crippen molar-refractivity contribution in [2.75, 3.05) is 11.4 Å². The van der Waals surface area contributed by atoms with Crippen molar-refractivity contribution in [3.05, 3.63) is 54.4 Å². The van der Waals surface area contributed by atoms with Crippen LogP contribution in [0.4, 0.5) is 5.69 Å². The van der Waals surface area contributed by atoms with Crippen LogP contribution in [0, 0.1) is 0 Å². The second-order valence-electron chi connectivity index (χ2n) is 5.90. The van der Waals surface area contributed by atoms with E-state index in [0.29, 0.717) is 12.2 Å². The quantitative estimate of drug-likeness (QED) is 0.840. The predicted molar refractivity (Wildman–Crippen MR) is 96.3 cm³/mol. The third-order valence-electron chi connectivity index (χ3n) is 3.41. The number of amides is 2. The van der Waals surface area contributed by atoms with Crippen LogP contribution >= 0.6 is 0 Å². The molecule has 0 aliphatic carbocycles. The Bertz CT molecular complexity index is 700. The Morgan fingerprint density at radius 2 is 1.92 bits per heavy atom. The highest BCUT2D eigenvalue weighted by molar-refractivity contribution is 5.97. The second kappa shape index (κ2) is 8.82. The van der Waals surface area contributed by atoms with Gasteiger partial charge in [0, 0.05) is 31.5 Å². The largest absolute Gasteiger partial charge is 0.491 e. The number of carbonyl (C=O) groups excluding carboxylic acids is 2. The van der Waals surface area contributed by atoms with E-state index >= 15 is 0 Å². The van der Waals surface area contributed by atoms with Crippen molar-refractivity contribution in [1.82, 2.24) is 10.3 Å². The highest BCUT2D eigenvalue weighted by Crippen LogP contribution is 2.20. The summed E-state index contributed by atoms with van der Waals surface area (Å²) in [7, 11) is 0. The molecule has 6 heteroatoms. The lowest BCUT2D eigenvalue weighted by molar-refractivity contribution is -0.123. The highest BCUT2D eigenvalue weighted by atomic mass is 16.5. The fraction of sp³-hybridized carbons (Fsp3) is 0.316. The van der Waals surface area contributed by atoms with E-state index < -0.39 is 0 Å². The molecule has 6 nitrogen and oxygen atoms in total. The fourth-order valence-electron chi connectivity index (χ4n) is 2.26. The molecule has 1 N–H and O–H groups in total. The van der Waals surface area contributed by atoms with Gasteiger partial charge < -0.3 is 15.0 Å². The van der Waals surface area contributed by atoms with Gasteiger partial charge in [0.2, 0.25) is 11.8 Å². The number of carbonyl (C=O) groups is 2. The SMILES string of the molecule is CC(=O)N(CC(=O)NCc1cccnc1)c1ccc(OC(C)C)cc1. The van der Waals surface area contributed by atoms with E-state index in [4.69, 9.17) is 4.74 Å². The van der Waals surface area contributed by atoms with Crippen molar-refractivity contribution in [3.8, 4) is 5.75 Å². The van der Waals surface area contributed by atoms with Crippen LogP contribution in [0.5, 0.6) is 5.75 Å². The van der Waals surface area contributed by atoms with Crippen LogP contribution in [0.1, 0.15) is 26.3 Å². The minimum atomic E-state index is -0.235. The molecule has 1 aromatic heterocycles. The van der Waals surface area contributed by atoms with Crippen LogP contribution in [-0.2, 0) is 16.1 Å². The number of nitrogens with zero attached hydrogens (tertiary/aromatic N) is 2. The van der Waals surface area contributed by atoms with E-state index in [0.717, 1.165) is 11.3 Å². The van der Waals surface area contributed by atoms with E-state index in [1.807, 2.05) is 26.0 Å². The highest BCUT2D eigenvalue weighted by Gasteiger charge is 2.16. The van der Waals surface area contributed by atoms with Crippen LogP contribution < -0.4 is 15.0 Å². The molecule has 0 aliphatic rings. The van der Waals surface area contributed by atoms with E-state index in [9.17, 15) is 9.59 Å². The lowest BCUT2D eigenvalue weighted by Gasteiger charge is -2.21. The summed E-state index contributed by atoms with van der Waals surface area (Å²) in [5, 5.41) is 2.79. The first-order valence-corrected chi connectivity index (χ1v) is 8.16. The summed E-state index contributed by atoms with van der Waals surface area (Å²) in [6, 6.07) is 10.8. The van der Waals surface area contributed by atoms with Gasteiger partial charge in [0.05, 0.1) is 6.10 Å². The Hall–Kier alpha value is -2.89. The first kappa shape index (κ1) is 18.4. The van der Waals surface area contributed by atoms with Gasteiger partial charge >= 0.3 is 0 Å². The maximum Gasteiger partial charge on any atom is 0.240 e. The van der Waals surface area contributed by atoms with Crippen molar-refractivity contribution in [3.63, 3.8) is 0 Å². The normalized spacial score (nSPS) is 10.4. The predicted octanol–water partition coefficient (Wildman–Crippen LogP) is 2.54. The molecular formula is C19H23N3O3. The number of nitrogens with one attached hydrogen (secondary N) is 1. The Morgan fingerprint density at radius 3 is 2.48 bits per heavy atom. The molecule has 0 spiro atoms. The molecule has 1 heterocycles. The number of benzene rings is 1. The van der Waals surface area contributed by atoms with Gasteiger partial charge in [-0.1, -0.05) is 6.07 Å². The third kappa shape index (κ3) is 5.91. The molecule has 0 fully saturated rings. The van der Waals surface area contributed by atoms with Gasteiger partial charge in [0.15, 0.2) is 0 Å². The minimum Gasteiger partial charge on any atom is -0.491 e. The standard InChI is InChI=1S/C19H23N3O3/c1-14(2)25-18-8-6-17(7-9-18)22(15(3)23)13-19(24)21-12-16-5-4-10-20-11-16/h4-11,14H,12-13H2,1-3H3,(H,21,24). The lowest BCUT2D eigenvalue weighted by atomic mass is 10.2. The minimum absolute atomic E-state index is 0.0417. The van der Waals surface area contributed by atoms with E-state index in [-0.39, 0.29) is 24.5 Å². The molecular weight excluding hydrogens is 318 g/mol. The zero-order valence-electron chi connectivity index (χ0n) is 14.7. The van der Waals surface area contributed by atoms with Gasteiger partial charge in [0.25, 0.3) is 0 Å². The number of hydrogen-bond donors (Lipinski definition) is 1. The Labute approximate surface area is 147 Å². The number of anilines is 1. The second-order valence-corrected chi connectivity index (χ2v) is 5.90. The first-order valence-electron chi connectivity index (χ1n) is 8.16. The maximum absolute atomic E-state index is 12.2. The Balaban J connectivity index is 1.98. The van der Waals surface area contributed by atoms with Gasteiger partial charge in [-0.2, -0.15) is 0 Å². The van der Waals surface area contributed by atoms with Gasteiger partial charge in [0.1, 0.15) is 12.3 Å². The van der Waals surface area contributed by atoms with Crippen molar-refractivity contribution >= 4 is 17.5 Å². The van der Waals surface area contributed by atoms with E-state index in [1.165, 1.54) is 11.8 Å². The molecule has 0 aliphatic heterocycles. The first-order chi connectivity index (χ1) is 12.0. The van der Waals surface area contributed by atoms with Crippen LogP contribution in [0.25, 0.3) is 0 Å². The summed E-state index contributed by atoms with van der Waals surface area (Å²) < 4.78 is 5.59. The zero-order chi connectivity index (χ0) is 18.2. The summed E-state index contributed by atoms with van der Waals surface area (Å²) in [4.78, 5) is 29.5. The number of hydrogen-bond acceptors (Lipinski definition) is 4. The van der Waals surface area contributed by atoms with E-state index in [2.05, 4.69) is 10.3 Å². The summed E-state index contributed by atoms with van der Waals surface area (Å²) in [6.45, 7) is 5.66. The number of rotatable bonds is 7. The molecule has 2 amide bonds. The van der Waals surface area contributed by atoms with Gasteiger partial charge in [-0.25, -0.2) is 0 Å². The number of ether oxygens (including phenoxy) is 1. The molecule has 0 radical (unpaired) electrons. The third-order valence-corrected chi connectivity index (χ3v) is 3.41. The van der Waals surface area contributed by atoms with Gasteiger partial charge in [-0.3, -0.25) is 14.6 Å². The molecule has 1 aromatic carbocycles. The van der Waals surface area contributed by atoms with Gasteiger partial charge in [-0.05, 0) is 49.7 Å². The van der Waals surface area contributed by atoms with Crippen molar-refractivity contribution in [2.24, 2.45) is 0 Å². The van der Waals surface area contributed by atoms with Crippen molar-refractivity contribution in [2.45, 2.75) is 33.4 Å². The molecule has 0 saturated heterocycles. The average molecular weight is 341 g/mol. The monoisotopic (exact) mass is 341 g/mol. The molecule has 0 bridgehead atoms. The van der Waals surface area contributed by atoms with Crippen LogP contribution in [-0.4, -0.2) is 29.4 Å². The molecule has 0 saturated carbocycles. The lowest BCUT2D eigenvalue weighted by Crippen LogP contribution is -2.39. The Morgan fingerprint density at radius 1 is 1.20 bits per heavy atom. The summed E-state index contributed by atoms with van der Waals surface area (Å²) in [6.07, 6.45) is 3.44. The van der Waals surface area contributed by atoms with E-state index in [1.54, 1.807) is 36.7 Å². The summed E-state index contributed by atoms with van der Waals surface area (Å²) >= 11 is 0. The average Bonchev–Trinajstić information content (AvgIpc) is 2.59. The van der Waals surface area contributed by atoms with Gasteiger partial charge in [-0.15, -0.1) is 0 Å². The number of pyridine rings is 1. The maximum atomic E-state index is 12.2. The molecule has 0 atom stereocenters. The molecule has 0 unspecified atom stereocenters. The molecule has 2 rings (SSSR count). The molecule has 25 heavy (non-hydrogen) atoms. The van der Waals surface area contributed by atoms with Crippen molar-refractivity contribution < 1.29 is 14.3 Å². The van der Waals surface area contributed by atoms with Crippen molar-refractivity contribution in [1.29, 1.82) is 0 Å². The smallest absolute Gasteiger partial charge is 0.240 e. The van der Waals surface area contributed by atoms with Crippen LogP contribution in [0.15, 0.2) is 48.8 Å². The topological polar surface area (TPSA) is 71.5 Å². The number of aromatic nitrogens is 1. The fourth-order valence-corrected chi connectivity index (χ4v) is 2.26. The van der Waals surface area contributed by atoms with Crippen LogP contribution in [0.2, 0.25) is 0 Å². The summed E-state index contributed by atoms with van der Waals surface area (Å²) in [5.41, 5.74) is 1.56. The zero-order valence-corrected chi connectivity index (χ0v) is 14.7. The molecule has 2 aromatic rings. The Kier molecular flexibility index (Phi) is 6.51. The summed E-state index contributed by atoms with van der Waals surface area (Å²) in [5.74, 6) is 0.291. The molecule has 132 valence electrons.